The normalized spacial score (nSPS) is 11.1. The summed E-state index contributed by atoms with van der Waals surface area (Å²) in [6.07, 6.45) is 1.81. The molecule has 0 radical (unpaired) electrons. The molecule has 6 heteroatoms. The van der Waals surface area contributed by atoms with Crippen molar-refractivity contribution in [3.63, 3.8) is 0 Å². The number of fused-ring (bicyclic) bond motifs is 1. The number of nitrogens with zero attached hydrogens (tertiary/aromatic N) is 2. The maximum atomic E-state index is 13.1. The fourth-order valence-corrected chi connectivity index (χ4v) is 4.12. The molecule has 0 saturated heterocycles. The van der Waals surface area contributed by atoms with Crippen LogP contribution < -0.4 is 5.32 Å². The van der Waals surface area contributed by atoms with Gasteiger partial charge in [-0.1, -0.05) is 17.7 Å². The number of hydrogen-bond acceptors (Lipinski definition) is 3. The zero-order valence-corrected chi connectivity index (χ0v) is 16.0. The number of benzene rings is 2. The highest BCUT2D eigenvalue weighted by Gasteiger charge is 2.17. The standard InChI is InChI=1S/C21H18FN3OS/c1-12-8-13(2)19(14(3)9-12)24-20(26)18-11-27-21-23-17(10-25(18)21)15-4-6-16(22)7-5-15/h4-11H,1-3H3,(H,24,26). The number of nitrogens with one attached hydrogen (secondary N) is 1. The van der Waals surface area contributed by atoms with Gasteiger partial charge in [-0.05, 0) is 56.2 Å². The lowest BCUT2D eigenvalue weighted by atomic mass is 10.1. The molecule has 1 amide bonds. The zero-order chi connectivity index (χ0) is 19.1. The lowest BCUT2D eigenvalue weighted by molar-refractivity contribution is 0.102. The number of anilines is 1. The number of amides is 1. The lowest BCUT2D eigenvalue weighted by Crippen LogP contribution is -2.15. The average Bonchev–Trinajstić information content (AvgIpc) is 3.19. The van der Waals surface area contributed by atoms with Gasteiger partial charge in [0.05, 0.1) is 5.69 Å². The van der Waals surface area contributed by atoms with Gasteiger partial charge in [-0.25, -0.2) is 9.37 Å². The van der Waals surface area contributed by atoms with E-state index < -0.39 is 0 Å². The Balaban J connectivity index is 1.68. The molecule has 0 spiro atoms. The number of aromatic nitrogens is 2. The molecule has 1 N–H and O–H groups in total. The first-order valence-electron chi connectivity index (χ1n) is 8.54. The third-order valence-electron chi connectivity index (χ3n) is 4.50. The fraction of sp³-hybridized carbons (Fsp3) is 0.143. The molecule has 2 aromatic carbocycles. The summed E-state index contributed by atoms with van der Waals surface area (Å²) < 4.78 is 14.9. The van der Waals surface area contributed by atoms with Gasteiger partial charge >= 0.3 is 0 Å². The Labute approximate surface area is 160 Å². The SMILES string of the molecule is Cc1cc(C)c(NC(=O)c2csc3nc(-c4ccc(F)cc4)cn23)c(C)c1. The van der Waals surface area contributed by atoms with Crippen LogP contribution in [-0.2, 0) is 0 Å². The number of carbonyl (C=O) groups is 1. The summed E-state index contributed by atoms with van der Waals surface area (Å²) in [7, 11) is 0. The van der Waals surface area contributed by atoms with E-state index in [0.717, 1.165) is 27.3 Å². The third kappa shape index (κ3) is 3.24. The maximum Gasteiger partial charge on any atom is 0.273 e. The second kappa shape index (κ2) is 6.63. The van der Waals surface area contributed by atoms with Gasteiger partial charge in [0.15, 0.2) is 4.96 Å². The van der Waals surface area contributed by atoms with Crippen LogP contribution in [0.5, 0.6) is 0 Å². The minimum Gasteiger partial charge on any atom is -0.320 e. The first-order chi connectivity index (χ1) is 12.9. The molecule has 0 aliphatic rings. The van der Waals surface area contributed by atoms with Crippen LogP contribution in [0.15, 0.2) is 48.0 Å². The van der Waals surface area contributed by atoms with E-state index >= 15 is 0 Å². The van der Waals surface area contributed by atoms with Crippen LogP contribution in [0.1, 0.15) is 27.2 Å². The predicted octanol–water partition coefficient (Wildman–Crippen LogP) is 5.38. The number of imidazole rings is 1. The lowest BCUT2D eigenvalue weighted by Gasteiger charge is -2.12. The van der Waals surface area contributed by atoms with Gasteiger partial charge in [-0.15, -0.1) is 11.3 Å². The van der Waals surface area contributed by atoms with Gasteiger partial charge in [-0.2, -0.15) is 0 Å². The average molecular weight is 379 g/mol. The van der Waals surface area contributed by atoms with Crippen molar-refractivity contribution in [3.05, 3.63) is 76.2 Å². The number of rotatable bonds is 3. The number of hydrogen-bond donors (Lipinski definition) is 1. The Morgan fingerprint density at radius 2 is 1.78 bits per heavy atom. The van der Waals surface area contributed by atoms with Crippen molar-refractivity contribution in [1.29, 1.82) is 0 Å². The van der Waals surface area contributed by atoms with E-state index in [9.17, 15) is 9.18 Å². The molecule has 27 heavy (non-hydrogen) atoms. The highest BCUT2D eigenvalue weighted by atomic mass is 32.1. The zero-order valence-electron chi connectivity index (χ0n) is 15.2. The van der Waals surface area contributed by atoms with Crippen molar-refractivity contribution in [2.45, 2.75) is 20.8 Å². The Bertz CT molecular complexity index is 1140. The number of thiazole rings is 1. The van der Waals surface area contributed by atoms with Crippen LogP contribution in [0, 0.1) is 26.6 Å². The summed E-state index contributed by atoms with van der Waals surface area (Å²) in [6.45, 7) is 6.02. The summed E-state index contributed by atoms with van der Waals surface area (Å²) in [6, 6.07) is 10.3. The molecule has 0 atom stereocenters. The quantitative estimate of drug-likeness (QED) is 0.519. The predicted molar refractivity (Wildman–Crippen MR) is 107 cm³/mol. The molecule has 0 bridgehead atoms. The van der Waals surface area contributed by atoms with Crippen molar-refractivity contribution in [2.24, 2.45) is 0 Å². The van der Waals surface area contributed by atoms with E-state index in [2.05, 4.69) is 22.4 Å². The van der Waals surface area contributed by atoms with Crippen molar-refractivity contribution >= 4 is 27.9 Å². The Kier molecular flexibility index (Phi) is 4.28. The van der Waals surface area contributed by atoms with Crippen LogP contribution in [0.3, 0.4) is 0 Å². The topological polar surface area (TPSA) is 46.4 Å². The second-order valence-corrected chi connectivity index (χ2v) is 7.47. The van der Waals surface area contributed by atoms with Gasteiger partial charge in [0.25, 0.3) is 5.91 Å². The number of halogens is 1. The third-order valence-corrected chi connectivity index (χ3v) is 5.34. The number of carbonyl (C=O) groups excluding carboxylic acids is 1. The van der Waals surface area contributed by atoms with Crippen LogP contribution in [0.25, 0.3) is 16.2 Å². The number of aryl methyl sites for hydroxylation is 3. The molecule has 2 aromatic heterocycles. The molecular formula is C21H18FN3OS. The molecular weight excluding hydrogens is 361 g/mol. The molecule has 0 aliphatic carbocycles. The summed E-state index contributed by atoms with van der Waals surface area (Å²) in [5.74, 6) is -0.469. The van der Waals surface area contributed by atoms with Crippen LogP contribution in [0.2, 0.25) is 0 Å². The van der Waals surface area contributed by atoms with Gasteiger partial charge in [0.2, 0.25) is 0 Å². The fourth-order valence-electron chi connectivity index (χ4n) is 3.26. The van der Waals surface area contributed by atoms with Crippen LogP contribution >= 0.6 is 11.3 Å². The van der Waals surface area contributed by atoms with Gasteiger partial charge in [0.1, 0.15) is 11.5 Å². The van der Waals surface area contributed by atoms with Crippen LogP contribution in [-0.4, -0.2) is 15.3 Å². The molecule has 0 saturated carbocycles. The Morgan fingerprint density at radius 1 is 1.11 bits per heavy atom. The first-order valence-corrected chi connectivity index (χ1v) is 9.42. The van der Waals surface area contributed by atoms with E-state index in [-0.39, 0.29) is 11.7 Å². The summed E-state index contributed by atoms with van der Waals surface area (Å²) in [4.78, 5) is 18.1. The minimum atomic E-state index is -0.288. The van der Waals surface area contributed by atoms with Gasteiger partial charge in [0, 0.05) is 22.8 Å². The summed E-state index contributed by atoms with van der Waals surface area (Å²) in [5, 5.41) is 4.82. The summed E-state index contributed by atoms with van der Waals surface area (Å²) >= 11 is 1.40. The first kappa shape index (κ1) is 17.4. The molecule has 2 heterocycles. The van der Waals surface area contributed by atoms with Crippen molar-refractivity contribution in [1.82, 2.24) is 9.38 Å². The van der Waals surface area contributed by atoms with Crippen molar-refractivity contribution < 1.29 is 9.18 Å². The molecule has 4 nitrogen and oxygen atoms in total. The van der Waals surface area contributed by atoms with E-state index in [1.807, 2.05) is 27.0 Å². The highest BCUT2D eigenvalue weighted by molar-refractivity contribution is 7.15. The highest BCUT2D eigenvalue weighted by Crippen LogP contribution is 2.26. The van der Waals surface area contributed by atoms with E-state index in [4.69, 9.17) is 0 Å². The van der Waals surface area contributed by atoms with E-state index in [1.54, 1.807) is 21.9 Å². The minimum absolute atomic E-state index is 0.181. The maximum absolute atomic E-state index is 13.1. The van der Waals surface area contributed by atoms with Crippen molar-refractivity contribution in [2.75, 3.05) is 5.32 Å². The largest absolute Gasteiger partial charge is 0.320 e. The van der Waals surface area contributed by atoms with E-state index in [0.29, 0.717) is 11.4 Å². The molecule has 0 unspecified atom stereocenters. The smallest absolute Gasteiger partial charge is 0.273 e. The second-order valence-electron chi connectivity index (χ2n) is 6.63. The monoisotopic (exact) mass is 379 g/mol. The van der Waals surface area contributed by atoms with Gasteiger partial charge in [-0.3, -0.25) is 9.20 Å². The molecule has 4 rings (SSSR count). The van der Waals surface area contributed by atoms with E-state index in [1.165, 1.54) is 29.0 Å². The molecule has 4 aromatic rings. The van der Waals surface area contributed by atoms with Crippen LogP contribution in [0.4, 0.5) is 10.1 Å². The Hall–Kier alpha value is -2.99. The van der Waals surface area contributed by atoms with Gasteiger partial charge < -0.3 is 5.32 Å². The molecule has 136 valence electrons. The summed E-state index contributed by atoms with van der Waals surface area (Å²) in [5.41, 5.74) is 6.11. The Morgan fingerprint density at radius 3 is 2.44 bits per heavy atom. The molecule has 0 fully saturated rings. The molecule has 0 aliphatic heterocycles. The van der Waals surface area contributed by atoms with Crippen molar-refractivity contribution in [3.8, 4) is 11.3 Å².